The normalized spacial score (nSPS) is 22.8. The highest BCUT2D eigenvalue weighted by Gasteiger charge is 2.35. The van der Waals surface area contributed by atoms with E-state index in [1.165, 1.54) is 5.57 Å². The predicted octanol–water partition coefficient (Wildman–Crippen LogP) is 2.46. The molecule has 2 heterocycles. The second kappa shape index (κ2) is 6.27. The summed E-state index contributed by atoms with van der Waals surface area (Å²) >= 11 is 0. The van der Waals surface area contributed by atoms with Crippen LogP contribution in [0.4, 0.5) is 0 Å². The standard InChI is InChI=1S/C16H24N2O2/c1-11(2)7-8-18-9-14(15(10-18)17-13(4)19)16-6-5-12(3)20-16/h5-7,14-15H,8-10H2,1-4H3,(H,17,19)/t14-,15-/m1/s1. The Hall–Kier alpha value is -1.55. The number of hydrogen-bond donors (Lipinski definition) is 1. The van der Waals surface area contributed by atoms with Crippen LogP contribution in [-0.4, -0.2) is 36.5 Å². The lowest BCUT2D eigenvalue weighted by Crippen LogP contribution is -2.38. The molecule has 0 aromatic carbocycles. The molecule has 2 rings (SSSR count). The molecule has 1 N–H and O–H groups in total. The number of hydrogen-bond acceptors (Lipinski definition) is 3. The summed E-state index contributed by atoms with van der Waals surface area (Å²) in [5.41, 5.74) is 1.32. The van der Waals surface area contributed by atoms with E-state index in [0.717, 1.165) is 31.2 Å². The number of nitrogens with zero attached hydrogens (tertiary/aromatic N) is 1. The van der Waals surface area contributed by atoms with Gasteiger partial charge in [0.15, 0.2) is 0 Å². The maximum Gasteiger partial charge on any atom is 0.217 e. The molecule has 4 nitrogen and oxygen atoms in total. The molecule has 4 heteroatoms. The van der Waals surface area contributed by atoms with E-state index in [0.29, 0.717) is 0 Å². The number of amides is 1. The molecule has 1 fully saturated rings. The summed E-state index contributed by atoms with van der Waals surface area (Å²) in [6.45, 7) is 10.4. The Labute approximate surface area is 120 Å². The minimum absolute atomic E-state index is 0.0207. The molecular weight excluding hydrogens is 252 g/mol. The molecule has 0 bridgehead atoms. The van der Waals surface area contributed by atoms with E-state index in [4.69, 9.17) is 4.42 Å². The molecule has 1 aliphatic heterocycles. The van der Waals surface area contributed by atoms with Crippen molar-refractivity contribution in [2.75, 3.05) is 19.6 Å². The molecule has 110 valence electrons. The smallest absolute Gasteiger partial charge is 0.217 e. The van der Waals surface area contributed by atoms with Crippen LogP contribution in [0.5, 0.6) is 0 Å². The van der Waals surface area contributed by atoms with Gasteiger partial charge in [-0.05, 0) is 32.9 Å². The van der Waals surface area contributed by atoms with Crippen molar-refractivity contribution in [3.05, 3.63) is 35.3 Å². The van der Waals surface area contributed by atoms with Crippen molar-refractivity contribution in [2.45, 2.75) is 39.7 Å². The number of rotatable bonds is 4. The topological polar surface area (TPSA) is 45.5 Å². The monoisotopic (exact) mass is 276 g/mol. The summed E-state index contributed by atoms with van der Waals surface area (Å²) in [6.07, 6.45) is 2.22. The zero-order valence-corrected chi connectivity index (χ0v) is 12.8. The van der Waals surface area contributed by atoms with Crippen LogP contribution in [0.1, 0.15) is 38.2 Å². The second-order valence-electron chi connectivity index (χ2n) is 5.86. The van der Waals surface area contributed by atoms with Crippen molar-refractivity contribution in [1.29, 1.82) is 0 Å². The van der Waals surface area contributed by atoms with E-state index in [1.807, 2.05) is 19.1 Å². The molecule has 1 aromatic rings. The van der Waals surface area contributed by atoms with E-state index in [9.17, 15) is 4.79 Å². The van der Waals surface area contributed by atoms with Gasteiger partial charge in [-0.25, -0.2) is 0 Å². The summed E-state index contributed by atoms with van der Waals surface area (Å²) in [5.74, 6) is 2.15. The minimum atomic E-state index is 0.0207. The van der Waals surface area contributed by atoms with Crippen LogP contribution < -0.4 is 5.32 Å². The Balaban J connectivity index is 2.10. The van der Waals surface area contributed by atoms with Gasteiger partial charge in [0, 0.05) is 26.6 Å². The van der Waals surface area contributed by atoms with Crippen molar-refractivity contribution in [3.8, 4) is 0 Å². The van der Waals surface area contributed by atoms with Crippen LogP contribution in [0, 0.1) is 6.92 Å². The second-order valence-corrected chi connectivity index (χ2v) is 5.86. The van der Waals surface area contributed by atoms with Gasteiger partial charge in [-0.15, -0.1) is 0 Å². The average molecular weight is 276 g/mol. The van der Waals surface area contributed by atoms with Gasteiger partial charge in [0.25, 0.3) is 0 Å². The molecule has 1 aliphatic rings. The molecule has 0 aliphatic carbocycles. The van der Waals surface area contributed by atoms with Gasteiger partial charge < -0.3 is 9.73 Å². The molecule has 1 aromatic heterocycles. The van der Waals surface area contributed by atoms with E-state index < -0.39 is 0 Å². The van der Waals surface area contributed by atoms with Crippen molar-refractivity contribution in [2.24, 2.45) is 0 Å². The first-order chi connectivity index (χ1) is 9.45. The van der Waals surface area contributed by atoms with Crippen molar-refractivity contribution in [1.82, 2.24) is 10.2 Å². The fourth-order valence-electron chi connectivity index (χ4n) is 2.69. The lowest BCUT2D eigenvalue weighted by molar-refractivity contribution is -0.119. The largest absolute Gasteiger partial charge is 0.466 e. The Morgan fingerprint density at radius 3 is 2.70 bits per heavy atom. The van der Waals surface area contributed by atoms with Crippen LogP contribution in [0.15, 0.2) is 28.2 Å². The summed E-state index contributed by atoms with van der Waals surface area (Å²) in [7, 11) is 0. The predicted molar refractivity (Wildman–Crippen MR) is 79.7 cm³/mol. The highest BCUT2D eigenvalue weighted by molar-refractivity contribution is 5.73. The van der Waals surface area contributed by atoms with Gasteiger partial charge in [-0.2, -0.15) is 0 Å². The Morgan fingerprint density at radius 2 is 2.15 bits per heavy atom. The number of carbonyl (C=O) groups is 1. The zero-order valence-electron chi connectivity index (χ0n) is 12.8. The van der Waals surface area contributed by atoms with Gasteiger partial charge >= 0.3 is 0 Å². The molecule has 1 amide bonds. The zero-order chi connectivity index (χ0) is 14.7. The first-order valence-electron chi connectivity index (χ1n) is 7.15. The lowest BCUT2D eigenvalue weighted by atomic mass is 10.0. The van der Waals surface area contributed by atoms with Gasteiger partial charge in [-0.1, -0.05) is 11.6 Å². The fraction of sp³-hybridized carbons (Fsp3) is 0.562. The summed E-state index contributed by atoms with van der Waals surface area (Å²) < 4.78 is 5.76. The SMILES string of the molecule is CC(=O)N[C@@H]1CN(CC=C(C)C)C[C@H]1c1ccc(C)o1. The molecule has 20 heavy (non-hydrogen) atoms. The summed E-state index contributed by atoms with van der Waals surface area (Å²) in [6, 6.07) is 4.14. The van der Waals surface area contributed by atoms with Gasteiger partial charge in [0.05, 0.1) is 12.0 Å². The molecule has 2 atom stereocenters. The minimum Gasteiger partial charge on any atom is -0.466 e. The maximum atomic E-state index is 11.4. The highest BCUT2D eigenvalue weighted by Crippen LogP contribution is 2.29. The number of furan rings is 1. The van der Waals surface area contributed by atoms with Crippen LogP contribution in [0.25, 0.3) is 0 Å². The fourth-order valence-corrected chi connectivity index (χ4v) is 2.69. The number of allylic oxidation sites excluding steroid dienone is 1. The van der Waals surface area contributed by atoms with Crippen LogP contribution >= 0.6 is 0 Å². The first kappa shape index (κ1) is 14.9. The molecular formula is C16H24N2O2. The Bertz CT molecular complexity index is 500. The van der Waals surface area contributed by atoms with Gasteiger partial charge in [0.2, 0.25) is 5.91 Å². The van der Waals surface area contributed by atoms with Crippen molar-refractivity contribution in [3.63, 3.8) is 0 Å². The van der Waals surface area contributed by atoms with E-state index in [-0.39, 0.29) is 17.9 Å². The lowest BCUT2D eigenvalue weighted by Gasteiger charge is -2.17. The molecule has 0 radical (unpaired) electrons. The van der Waals surface area contributed by atoms with Gasteiger partial charge in [0.1, 0.15) is 11.5 Å². The number of aryl methyl sites for hydroxylation is 1. The summed E-state index contributed by atoms with van der Waals surface area (Å²) in [5, 5.41) is 3.06. The quantitative estimate of drug-likeness (QED) is 0.859. The van der Waals surface area contributed by atoms with Crippen LogP contribution in [0.2, 0.25) is 0 Å². The Morgan fingerprint density at radius 1 is 1.40 bits per heavy atom. The molecule has 0 saturated carbocycles. The van der Waals surface area contributed by atoms with Gasteiger partial charge in [-0.3, -0.25) is 9.69 Å². The van der Waals surface area contributed by atoms with E-state index >= 15 is 0 Å². The maximum absolute atomic E-state index is 11.4. The molecule has 0 spiro atoms. The van der Waals surface area contributed by atoms with E-state index in [1.54, 1.807) is 6.92 Å². The first-order valence-corrected chi connectivity index (χ1v) is 7.15. The summed E-state index contributed by atoms with van der Waals surface area (Å²) in [4.78, 5) is 13.7. The average Bonchev–Trinajstić information content (AvgIpc) is 2.92. The number of likely N-dealkylation sites (tertiary alicyclic amines) is 1. The number of carbonyl (C=O) groups excluding carboxylic acids is 1. The van der Waals surface area contributed by atoms with Crippen molar-refractivity contribution >= 4 is 5.91 Å². The van der Waals surface area contributed by atoms with E-state index in [2.05, 4.69) is 30.1 Å². The third kappa shape index (κ3) is 3.73. The van der Waals surface area contributed by atoms with Crippen LogP contribution in [0.3, 0.4) is 0 Å². The third-order valence-electron chi connectivity index (χ3n) is 3.67. The number of nitrogens with one attached hydrogen (secondary N) is 1. The Kier molecular flexibility index (Phi) is 4.65. The van der Waals surface area contributed by atoms with Crippen LogP contribution in [-0.2, 0) is 4.79 Å². The highest BCUT2D eigenvalue weighted by atomic mass is 16.3. The molecule has 1 saturated heterocycles. The third-order valence-corrected chi connectivity index (χ3v) is 3.67. The van der Waals surface area contributed by atoms with Crippen molar-refractivity contribution < 1.29 is 9.21 Å². The molecule has 0 unspecified atom stereocenters.